The number of benzene rings is 2. The first kappa shape index (κ1) is 15.5. The Morgan fingerprint density at radius 1 is 1.23 bits per heavy atom. The molecule has 0 aliphatic rings. The number of nitrogens with one attached hydrogen (secondary N) is 1. The largest absolute Gasteiger partial charge is 0.502 e. The SMILES string of the molecule is O=[N+]([O-])c1cc(/C=N/Nc2ncnc3c2oc2ccccc23)ccc1O. The fraction of sp³-hybridized carbons (Fsp3) is 0. The molecule has 9 nitrogen and oxygen atoms in total. The molecule has 0 atom stereocenters. The predicted molar refractivity (Wildman–Crippen MR) is 95.3 cm³/mol. The monoisotopic (exact) mass is 349 g/mol. The van der Waals surface area contributed by atoms with Crippen LogP contribution in [-0.4, -0.2) is 26.2 Å². The molecular formula is C17H11N5O4. The van der Waals surface area contributed by atoms with E-state index >= 15 is 0 Å². The number of nitro groups is 1. The van der Waals surface area contributed by atoms with Gasteiger partial charge in [-0.15, -0.1) is 0 Å². The highest BCUT2D eigenvalue weighted by Crippen LogP contribution is 2.30. The molecule has 0 radical (unpaired) electrons. The first-order chi connectivity index (χ1) is 12.6. The molecule has 2 heterocycles. The number of aromatic nitrogens is 2. The zero-order chi connectivity index (χ0) is 18.1. The van der Waals surface area contributed by atoms with E-state index in [4.69, 9.17) is 4.42 Å². The van der Waals surface area contributed by atoms with E-state index in [1.807, 2.05) is 24.3 Å². The van der Waals surface area contributed by atoms with Crippen LogP contribution in [0.2, 0.25) is 0 Å². The molecule has 0 unspecified atom stereocenters. The number of hydrogen-bond acceptors (Lipinski definition) is 8. The Morgan fingerprint density at radius 3 is 2.92 bits per heavy atom. The first-order valence-electron chi connectivity index (χ1n) is 7.52. The van der Waals surface area contributed by atoms with Crippen molar-refractivity contribution in [2.24, 2.45) is 5.10 Å². The van der Waals surface area contributed by atoms with Crippen LogP contribution < -0.4 is 5.43 Å². The molecule has 26 heavy (non-hydrogen) atoms. The smallest absolute Gasteiger partial charge is 0.311 e. The van der Waals surface area contributed by atoms with Crippen molar-refractivity contribution in [3.63, 3.8) is 0 Å². The Balaban J connectivity index is 1.65. The molecule has 0 saturated carbocycles. The number of hydrazone groups is 1. The summed E-state index contributed by atoms with van der Waals surface area (Å²) in [5.74, 6) is -0.0318. The van der Waals surface area contributed by atoms with Crippen LogP contribution in [0.25, 0.3) is 22.1 Å². The van der Waals surface area contributed by atoms with Gasteiger partial charge in [0.2, 0.25) is 0 Å². The molecule has 2 aromatic carbocycles. The van der Waals surface area contributed by atoms with Gasteiger partial charge in [-0.05, 0) is 24.3 Å². The van der Waals surface area contributed by atoms with Crippen molar-refractivity contribution < 1.29 is 14.4 Å². The number of nitro benzene ring substituents is 1. The number of hydrogen-bond donors (Lipinski definition) is 2. The zero-order valence-corrected chi connectivity index (χ0v) is 13.2. The van der Waals surface area contributed by atoms with Crippen molar-refractivity contribution in [1.29, 1.82) is 0 Å². The Kier molecular flexibility index (Phi) is 3.66. The molecule has 4 aromatic rings. The van der Waals surface area contributed by atoms with Gasteiger partial charge in [0.25, 0.3) is 0 Å². The van der Waals surface area contributed by atoms with Gasteiger partial charge >= 0.3 is 5.69 Å². The Morgan fingerprint density at radius 2 is 2.08 bits per heavy atom. The lowest BCUT2D eigenvalue weighted by molar-refractivity contribution is -0.385. The summed E-state index contributed by atoms with van der Waals surface area (Å²) in [7, 11) is 0. The third-order valence-electron chi connectivity index (χ3n) is 3.74. The summed E-state index contributed by atoms with van der Waals surface area (Å²) in [6, 6.07) is 11.4. The van der Waals surface area contributed by atoms with Gasteiger partial charge in [-0.3, -0.25) is 15.5 Å². The lowest BCUT2D eigenvalue weighted by Crippen LogP contribution is -1.95. The van der Waals surface area contributed by atoms with Crippen molar-refractivity contribution in [3.8, 4) is 5.75 Å². The van der Waals surface area contributed by atoms with Crippen LogP contribution in [0, 0.1) is 10.1 Å². The zero-order valence-electron chi connectivity index (χ0n) is 13.2. The van der Waals surface area contributed by atoms with Gasteiger partial charge < -0.3 is 9.52 Å². The molecule has 2 aromatic heterocycles. The summed E-state index contributed by atoms with van der Waals surface area (Å²) in [5.41, 5.74) is 4.61. The number of phenolic OH excluding ortho intramolecular Hbond substituents is 1. The fourth-order valence-electron chi connectivity index (χ4n) is 2.54. The third-order valence-corrected chi connectivity index (χ3v) is 3.74. The number of fused-ring (bicyclic) bond motifs is 3. The van der Waals surface area contributed by atoms with E-state index in [-0.39, 0.29) is 0 Å². The maximum atomic E-state index is 10.9. The first-order valence-corrected chi connectivity index (χ1v) is 7.52. The summed E-state index contributed by atoms with van der Waals surface area (Å²) in [6.07, 6.45) is 2.77. The summed E-state index contributed by atoms with van der Waals surface area (Å²) in [4.78, 5) is 18.5. The highest BCUT2D eigenvalue weighted by atomic mass is 16.6. The van der Waals surface area contributed by atoms with Crippen molar-refractivity contribution in [3.05, 3.63) is 64.5 Å². The second-order valence-corrected chi connectivity index (χ2v) is 5.37. The molecule has 0 spiro atoms. The highest BCUT2D eigenvalue weighted by Gasteiger charge is 2.14. The quantitative estimate of drug-likeness (QED) is 0.328. The maximum absolute atomic E-state index is 10.9. The van der Waals surface area contributed by atoms with E-state index in [9.17, 15) is 15.2 Å². The second-order valence-electron chi connectivity index (χ2n) is 5.37. The van der Waals surface area contributed by atoms with Gasteiger partial charge in [0, 0.05) is 17.0 Å². The third kappa shape index (κ3) is 2.67. The molecule has 9 heteroatoms. The Labute approximate surface area is 145 Å². The molecule has 0 bridgehead atoms. The van der Waals surface area contributed by atoms with Crippen LogP contribution in [0.1, 0.15) is 5.56 Å². The molecule has 2 N–H and O–H groups in total. The summed E-state index contributed by atoms with van der Waals surface area (Å²) in [5, 5.41) is 25.2. The van der Waals surface area contributed by atoms with E-state index in [1.165, 1.54) is 30.7 Å². The second kappa shape index (κ2) is 6.13. The minimum absolute atomic E-state index is 0.371. The number of para-hydroxylation sites is 1. The van der Waals surface area contributed by atoms with E-state index in [2.05, 4.69) is 20.5 Å². The standard InChI is InChI=1S/C17H11N5O4/c23-13-6-5-10(7-12(13)22(24)25)8-20-21-17-16-15(18-9-19-17)11-3-1-2-4-14(11)26-16/h1-9,23H,(H,18,19,21)/b20-8+. The van der Waals surface area contributed by atoms with Crippen LogP contribution in [0.15, 0.2) is 58.3 Å². The maximum Gasteiger partial charge on any atom is 0.311 e. The van der Waals surface area contributed by atoms with Crippen molar-refractivity contribution in [2.75, 3.05) is 5.43 Å². The molecule has 0 aliphatic carbocycles. The lowest BCUT2D eigenvalue weighted by atomic mass is 10.2. The molecule has 128 valence electrons. The van der Waals surface area contributed by atoms with Gasteiger partial charge in [0.15, 0.2) is 17.2 Å². The molecule has 0 aliphatic heterocycles. The van der Waals surface area contributed by atoms with Gasteiger partial charge in [-0.1, -0.05) is 12.1 Å². The summed E-state index contributed by atoms with van der Waals surface area (Å²) >= 11 is 0. The van der Waals surface area contributed by atoms with Gasteiger partial charge in [-0.2, -0.15) is 5.10 Å². The Hall–Kier alpha value is -4.01. The Bertz CT molecular complexity index is 1170. The van der Waals surface area contributed by atoms with E-state index in [0.29, 0.717) is 28.1 Å². The normalized spacial score (nSPS) is 11.4. The van der Waals surface area contributed by atoms with E-state index in [0.717, 1.165) is 5.39 Å². The van der Waals surface area contributed by atoms with E-state index in [1.54, 1.807) is 0 Å². The number of furan rings is 1. The molecule has 0 saturated heterocycles. The summed E-state index contributed by atoms with van der Waals surface area (Å²) in [6.45, 7) is 0. The van der Waals surface area contributed by atoms with Crippen molar-refractivity contribution >= 4 is 39.8 Å². The fourth-order valence-corrected chi connectivity index (χ4v) is 2.54. The lowest BCUT2D eigenvalue weighted by Gasteiger charge is -2.00. The predicted octanol–water partition coefficient (Wildman–Crippen LogP) is 3.44. The molecule has 0 fully saturated rings. The van der Waals surface area contributed by atoms with Crippen LogP contribution in [0.3, 0.4) is 0 Å². The number of nitrogens with zero attached hydrogens (tertiary/aromatic N) is 4. The minimum Gasteiger partial charge on any atom is -0.502 e. The van der Waals surface area contributed by atoms with Gasteiger partial charge in [-0.25, -0.2) is 9.97 Å². The average Bonchev–Trinajstić information content (AvgIpc) is 3.02. The van der Waals surface area contributed by atoms with E-state index < -0.39 is 16.4 Å². The number of anilines is 1. The molecular weight excluding hydrogens is 338 g/mol. The highest BCUT2D eigenvalue weighted by molar-refractivity contribution is 6.05. The van der Waals surface area contributed by atoms with Gasteiger partial charge in [0.1, 0.15) is 17.4 Å². The number of aromatic hydroxyl groups is 1. The summed E-state index contributed by atoms with van der Waals surface area (Å²) < 4.78 is 5.77. The average molecular weight is 349 g/mol. The van der Waals surface area contributed by atoms with Crippen LogP contribution in [0.5, 0.6) is 5.75 Å². The number of rotatable bonds is 4. The van der Waals surface area contributed by atoms with Crippen LogP contribution in [-0.2, 0) is 0 Å². The van der Waals surface area contributed by atoms with Crippen molar-refractivity contribution in [1.82, 2.24) is 9.97 Å². The molecule has 4 rings (SSSR count). The van der Waals surface area contributed by atoms with Crippen molar-refractivity contribution in [2.45, 2.75) is 0 Å². The van der Waals surface area contributed by atoms with Crippen LogP contribution >= 0.6 is 0 Å². The minimum atomic E-state index is -0.664. The van der Waals surface area contributed by atoms with Gasteiger partial charge in [0.05, 0.1) is 11.1 Å². The topological polar surface area (TPSA) is 127 Å². The number of phenols is 1. The van der Waals surface area contributed by atoms with Crippen LogP contribution in [0.4, 0.5) is 11.5 Å². The molecule has 0 amide bonds.